The number of aromatic nitrogens is 1. The summed E-state index contributed by atoms with van der Waals surface area (Å²) in [5.41, 5.74) is 2.41. The summed E-state index contributed by atoms with van der Waals surface area (Å²) in [5.74, 6) is 7.52. The van der Waals surface area contributed by atoms with E-state index >= 15 is 0 Å². The first-order chi connectivity index (χ1) is 21.2. The van der Waals surface area contributed by atoms with Gasteiger partial charge in [-0.05, 0) is 68.3 Å². The fourth-order valence-corrected chi connectivity index (χ4v) is 6.32. The van der Waals surface area contributed by atoms with Crippen molar-refractivity contribution in [3.05, 3.63) is 60.1 Å². The van der Waals surface area contributed by atoms with Crippen LogP contribution in [0.3, 0.4) is 0 Å². The number of allylic oxidation sites excluding steroid dienone is 1. The quantitative estimate of drug-likeness (QED) is 0.245. The largest absolute Gasteiger partial charge is 0.495 e. The number of thioether (sulfide) groups is 1. The van der Waals surface area contributed by atoms with Gasteiger partial charge in [-0.2, -0.15) is 13.2 Å². The molecule has 4 heterocycles. The second-order valence-corrected chi connectivity index (χ2v) is 12.0. The molecule has 1 unspecified atom stereocenters. The summed E-state index contributed by atoms with van der Waals surface area (Å²) in [4.78, 5) is 5.33. The van der Waals surface area contributed by atoms with E-state index in [9.17, 15) is 13.2 Å². The Morgan fingerprint density at radius 2 is 1.91 bits per heavy atom. The first-order valence-electron chi connectivity index (χ1n) is 14.7. The molecule has 1 aromatic heterocycles. The van der Waals surface area contributed by atoms with Crippen LogP contribution in [0, 0.1) is 11.8 Å². The van der Waals surface area contributed by atoms with Gasteiger partial charge in [0.2, 0.25) is 0 Å². The molecule has 0 amide bonds. The zero-order valence-electron chi connectivity index (χ0n) is 25.5. The topological polar surface area (TPSA) is 51.1 Å². The average molecular weight is 629 g/mol. The number of ether oxygens (including phenoxy) is 3. The normalized spacial score (nSPS) is 22.3. The average Bonchev–Trinajstić information content (AvgIpc) is 3.33. The van der Waals surface area contributed by atoms with E-state index in [1.807, 2.05) is 48.5 Å². The van der Waals surface area contributed by atoms with Crippen LogP contribution in [0.5, 0.6) is 5.75 Å². The van der Waals surface area contributed by atoms with Gasteiger partial charge in [0.15, 0.2) is 0 Å². The van der Waals surface area contributed by atoms with Gasteiger partial charge in [0.25, 0.3) is 0 Å². The Balaban J connectivity index is 1.61. The number of halogens is 3. The smallest absolute Gasteiger partial charge is 0.406 e. The molecule has 3 aromatic rings. The van der Waals surface area contributed by atoms with Gasteiger partial charge in [-0.15, -0.1) is 11.8 Å². The number of nitrogens with one attached hydrogen (secondary N) is 1. The Kier molecular flexibility index (Phi) is 10.2. The Bertz CT molecular complexity index is 1540. The number of anilines is 2. The van der Waals surface area contributed by atoms with Gasteiger partial charge in [-0.1, -0.05) is 12.0 Å². The molecule has 11 heteroatoms. The van der Waals surface area contributed by atoms with E-state index in [-0.39, 0.29) is 18.7 Å². The van der Waals surface area contributed by atoms with E-state index in [2.05, 4.69) is 22.1 Å². The maximum Gasteiger partial charge on any atom is 0.406 e. The molecular formula is C33H39F3N4O3S. The van der Waals surface area contributed by atoms with Crippen molar-refractivity contribution in [3.8, 4) is 17.6 Å². The van der Waals surface area contributed by atoms with Crippen LogP contribution in [0.4, 0.5) is 24.5 Å². The molecule has 1 saturated heterocycles. The number of rotatable bonds is 6. The highest BCUT2D eigenvalue weighted by Gasteiger charge is 2.30. The van der Waals surface area contributed by atoms with E-state index in [0.717, 1.165) is 54.1 Å². The van der Waals surface area contributed by atoms with Gasteiger partial charge in [-0.25, -0.2) is 0 Å². The van der Waals surface area contributed by atoms with Gasteiger partial charge >= 0.3 is 6.18 Å². The Hall–Kier alpha value is -3.46. The summed E-state index contributed by atoms with van der Waals surface area (Å²) in [7, 11) is 3.29. The number of hydrogen-bond acceptors (Lipinski definition) is 7. The second-order valence-electron chi connectivity index (χ2n) is 11.1. The Morgan fingerprint density at radius 1 is 1.11 bits per heavy atom. The van der Waals surface area contributed by atoms with E-state index in [0.29, 0.717) is 29.3 Å². The second kappa shape index (κ2) is 14.1. The number of nitrogens with zero attached hydrogens (tertiary/aromatic N) is 3. The third kappa shape index (κ3) is 7.78. The first-order valence-corrected chi connectivity index (χ1v) is 15.9. The summed E-state index contributed by atoms with van der Waals surface area (Å²) >= 11 is 1.61. The summed E-state index contributed by atoms with van der Waals surface area (Å²) < 4.78 is 60.3. The van der Waals surface area contributed by atoms with Crippen molar-refractivity contribution < 1.29 is 27.4 Å². The number of alkyl halides is 3. The molecule has 0 aliphatic carbocycles. The van der Waals surface area contributed by atoms with E-state index in [1.165, 1.54) is 4.57 Å². The highest BCUT2D eigenvalue weighted by Crippen LogP contribution is 2.34. The third-order valence-corrected chi connectivity index (χ3v) is 8.62. The Labute approximate surface area is 261 Å². The number of methoxy groups -OCH3 is 2. The van der Waals surface area contributed by atoms with E-state index in [4.69, 9.17) is 14.2 Å². The van der Waals surface area contributed by atoms with Crippen LogP contribution in [0.2, 0.25) is 0 Å². The number of benzene rings is 2. The van der Waals surface area contributed by atoms with Gasteiger partial charge in [-0.3, -0.25) is 4.90 Å². The molecule has 0 radical (unpaired) electrons. The SMILES string of the molecule is COCC1CN2CCC(CC2)Nc2cccc3c2cc(n3CC(F)(F)F)C#CCN(c2ccc(SC)cc2OC)/C=C(\C)O1. The summed E-state index contributed by atoms with van der Waals surface area (Å²) in [6, 6.07) is 13.4. The van der Waals surface area contributed by atoms with Crippen LogP contribution in [-0.2, 0) is 16.0 Å². The van der Waals surface area contributed by atoms with Crippen LogP contribution in [0.1, 0.15) is 25.5 Å². The fraction of sp³-hybridized carbons (Fsp3) is 0.455. The molecule has 7 nitrogen and oxygen atoms in total. The molecule has 0 saturated carbocycles. The highest BCUT2D eigenvalue weighted by molar-refractivity contribution is 7.98. The molecule has 1 fully saturated rings. The van der Waals surface area contributed by atoms with Crippen molar-refractivity contribution in [2.24, 2.45) is 0 Å². The number of piperidine rings is 1. The zero-order valence-corrected chi connectivity index (χ0v) is 26.4. The van der Waals surface area contributed by atoms with E-state index in [1.54, 1.807) is 44.2 Å². The molecule has 236 valence electrons. The highest BCUT2D eigenvalue weighted by atomic mass is 32.2. The van der Waals surface area contributed by atoms with Crippen LogP contribution in [0.15, 0.2) is 59.3 Å². The molecule has 3 aliphatic rings. The molecule has 0 spiro atoms. The number of fused-ring (bicyclic) bond motifs is 8. The number of hydrogen-bond donors (Lipinski definition) is 1. The van der Waals surface area contributed by atoms with E-state index < -0.39 is 12.7 Å². The van der Waals surface area contributed by atoms with Crippen molar-refractivity contribution in [2.75, 3.05) is 63.5 Å². The fourth-order valence-electron chi connectivity index (χ4n) is 5.89. The van der Waals surface area contributed by atoms with Crippen LogP contribution in [-0.4, -0.2) is 81.1 Å². The monoisotopic (exact) mass is 628 g/mol. The summed E-state index contributed by atoms with van der Waals surface area (Å²) in [6.07, 6.45) is 1.09. The minimum atomic E-state index is -4.40. The lowest BCUT2D eigenvalue weighted by Gasteiger charge is -2.35. The summed E-state index contributed by atoms with van der Waals surface area (Å²) in [6.45, 7) is 3.86. The predicted molar refractivity (Wildman–Crippen MR) is 171 cm³/mol. The molecular weight excluding hydrogens is 589 g/mol. The standard InChI is InChI=1S/C33H39F3N4O3S/c1-23-19-39(31-11-10-27(44-4)18-32(31)42-3)14-6-7-25-17-28-29(8-5-9-30(28)40(25)22-33(34,35)36)37-24-12-15-38(16-13-24)20-26(43-23)21-41-2/h5,8-11,17-19,24,26,37H,12-16,20-22H2,1-4H3/b23-19+. The lowest BCUT2D eigenvalue weighted by Crippen LogP contribution is -2.44. The molecule has 6 rings (SSSR count). The summed E-state index contributed by atoms with van der Waals surface area (Å²) in [5, 5.41) is 4.35. The molecule has 44 heavy (non-hydrogen) atoms. The van der Waals surface area contributed by atoms with Gasteiger partial charge in [0, 0.05) is 55.0 Å². The van der Waals surface area contributed by atoms with Crippen molar-refractivity contribution >= 4 is 34.0 Å². The lowest BCUT2D eigenvalue weighted by atomic mass is 10.0. The van der Waals surface area contributed by atoms with Crippen LogP contribution < -0.4 is 15.0 Å². The van der Waals surface area contributed by atoms with Gasteiger partial charge in [0.1, 0.15) is 24.2 Å². The third-order valence-electron chi connectivity index (χ3n) is 7.90. The van der Waals surface area contributed by atoms with Crippen molar-refractivity contribution in [1.29, 1.82) is 0 Å². The lowest BCUT2D eigenvalue weighted by molar-refractivity contribution is -0.140. The minimum absolute atomic E-state index is 0.177. The molecule has 2 aromatic carbocycles. The minimum Gasteiger partial charge on any atom is -0.495 e. The maximum absolute atomic E-state index is 13.8. The maximum atomic E-state index is 13.8. The predicted octanol–water partition coefficient (Wildman–Crippen LogP) is 6.58. The van der Waals surface area contributed by atoms with Gasteiger partial charge in [0.05, 0.1) is 37.2 Å². The van der Waals surface area contributed by atoms with Crippen molar-refractivity contribution in [2.45, 2.75) is 49.5 Å². The van der Waals surface area contributed by atoms with Crippen molar-refractivity contribution in [1.82, 2.24) is 9.47 Å². The zero-order chi connectivity index (χ0) is 31.3. The Morgan fingerprint density at radius 3 is 2.61 bits per heavy atom. The van der Waals surface area contributed by atoms with Crippen LogP contribution >= 0.6 is 11.8 Å². The molecule has 1 atom stereocenters. The molecule has 4 bridgehead atoms. The molecule has 1 N–H and O–H groups in total. The molecule has 3 aliphatic heterocycles. The first kappa shape index (κ1) is 31.9. The van der Waals surface area contributed by atoms with Crippen LogP contribution in [0.25, 0.3) is 10.9 Å². The van der Waals surface area contributed by atoms with Gasteiger partial charge < -0.3 is 29.0 Å². The van der Waals surface area contributed by atoms with Crippen molar-refractivity contribution in [3.63, 3.8) is 0 Å².